The lowest BCUT2D eigenvalue weighted by atomic mass is 10.4. The molecule has 0 aliphatic carbocycles. The molecule has 0 nitrogen and oxygen atoms in total. The van der Waals surface area contributed by atoms with Gasteiger partial charge < -0.3 is 0 Å². The van der Waals surface area contributed by atoms with Crippen LogP contribution in [0.5, 0.6) is 0 Å². The average molecular weight is 178 g/mol. The van der Waals surface area contributed by atoms with Crippen molar-refractivity contribution in [2.24, 2.45) is 0 Å². The number of hydrogen-bond acceptors (Lipinski definition) is 0. The average Bonchev–Trinajstić information content (AvgIpc) is 1.97. The van der Waals surface area contributed by atoms with E-state index in [-0.39, 0.29) is 0 Å². The number of hydrogen-bond donors (Lipinski definition) is 0. The first kappa shape index (κ1) is 10.5. The van der Waals surface area contributed by atoms with Crippen LogP contribution in [0.4, 0.5) is 0 Å². The number of rotatable bonds is 6. The molecule has 0 N–H and O–H groups in total. The molecule has 0 bridgehead atoms. The van der Waals surface area contributed by atoms with Gasteiger partial charge in [-0.25, -0.2) is 0 Å². The van der Waals surface area contributed by atoms with Crippen LogP contribution in [0.3, 0.4) is 0 Å². The quantitative estimate of drug-likeness (QED) is 0.428. The first-order chi connectivity index (χ1) is 4.81. The van der Waals surface area contributed by atoms with Crippen LogP contribution in [-0.2, 0) is 0 Å². The Balaban J connectivity index is 3.00. The Bertz CT molecular complexity index is 58.3. The van der Waals surface area contributed by atoms with Crippen molar-refractivity contribution in [3.8, 4) is 0 Å². The van der Waals surface area contributed by atoms with E-state index in [0.29, 0.717) is 0 Å². The summed E-state index contributed by atoms with van der Waals surface area (Å²) in [6.07, 6.45) is 5.27. The minimum absolute atomic E-state index is 0.443. The van der Waals surface area contributed by atoms with Gasteiger partial charge in [-0.2, -0.15) is 11.1 Å². The molecule has 0 aliphatic rings. The zero-order valence-corrected chi connectivity index (χ0v) is 8.88. The molecule has 1 radical (unpaired) electrons. The summed E-state index contributed by atoms with van der Waals surface area (Å²) in [6, 6.07) is 2.62. The van der Waals surface area contributed by atoms with Crippen LogP contribution in [0, 0.1) is 0 Å². The second-order valence-corrected chi connectivity index (χ2v) is 6.36. The second kappa shape index (κ2) is 7.61. The van der Waals surface area contributed by atoms with Crippen LogP contribution < -0.4 is 0 Å². The first-order valence-electron chi connectivity index (χ1n) is 4.31. The third-order valence-corrected chi connectivity index (χ3v) is 4.53. The van der Waals surface area contributed by atoms with Crippen molar-refractivity contribution in [3.63, 3.8) is 0 Å². The molecule has 61 valence electrons. The Morgan fingerprint density at radius 1 is 1.00 bits per heavy atom. The summed E-state index contributed by atoms with van der Waals surface area (Å²) in [5.41, 5.74) is 0. The number of halogens is 1. The summed E-state index contributed by atoms with van der Waals surface area (Å²) < 4.78 is 0. The lowest BCUT2D eigenvalue weighted by Crippen LogP contribution is -2.01. The van der Waals surface area contributed by atoms with E-state index in [4.69, 9.17) is 11.1 Å². The summed E-state index contributed by atoms with van der Waals surface area (Å²) >= 11 is 6.14. The molecule has 0 amide bonds. The highest BCUT2D eigenvalue weighted by atomic mass is 35.6. The Morgan fingerprint density at radius 3 is 1.70 bits per heavy atom. The summed E-state index contributed by atoms with van der Waals surface area (Å²) in [6.45, 7) is 4.46. The highest BCUT2D eigenvalue weighted by molar-refractivity contribution is 7.06. The minimum atomic E-state index is -0.443. The third-order valence-electron chi connectivity index (χ3n) is 1.60. The van der Waals surface area contributed by atoms with Crippen molar-refractivity contribution in [1.82, 2.24) is 0 Å². The van der Waals surface area contributed by atoms with Gasteiger partial charge in [0.05, 0.1) is 0 Å². The second-order valence-electron chi connectivity index (χ2n) is 2.72. The van der Waals surface area contributed by atoms with Gasteiger partial charge in [0.15, 0.2) is 8.11 Å². The zero-order chi connectivity index (χ0) is 7.82. The molecule has 0 aromatic rings. The summed E-state index contributed by atoms with van der Waals surface area (Å²) in [5.74, 6) is 0. The van der Waals surface area contributed by atoms with Crippen LogP contribution in [0.1, 0.15) is 39.5 Å². The van der Waals surface area contributed by atoms with Crippen LogP contribution in [-0.4, -0.2) is 8.11 Å². The fraction of sp³-hybridized carbons (Fsp3) is 1.00. The monoisotopic (exact) mass is 177 g/mol. The minimum Gasteiger partial charge on any atom is -0.169 e. The van der Waals surface area contributed by atoms with E-state index in [1.807, 2.05) is 0 Å². The van der Waals surface area contributed by atoms with Crippen molar-refractivity contribution in [3.05, 3.63) is 0 Å². The molecule has 0 atom stereocenters. The Labute approximate surface area is 71.3 Å². The molecule has 0 aliphatic heterocycles. The molecule has 2 heteroatoms. The number of unbranched alkanes of at least 4 members (excludes halogenated alkanes) is 2. The van der Waals surface area contributed by atoms with Crippen LogP contribution in [0.15, 0.2) is 0 Å². The van der Waals surface area contributed by atoms with Crippen LogP contribution in [0.25, 0.3) is 0 Å². The Morgan fingerprint density at radius 2 is 1.40 bits per heavy atom. The summed E-state index contributed by atoms with van der Waals surface area (Å²) in [5, 5.41) is 0. The maximum Gasteiger partial charge on any atom is 0.165 e. The van der Waals surface area contributed by atoms with E-state index in [1.54, 1.807) is 0 Å². The lowest BCUT2D eigenvalue weighted by Gasteiger charge is -2.03. The smallest absolute Gasteiger partial charge is 0.165 e. The van der Waals surface area contributed by atoms with Gasteiger partial charge in [0.1, 0.15) is 0 Å². The molecule has 0 aromatic carbocycles. The molecule has 0 saturated carbocycles. The maximum absolute atomic E-state index is 6.14. The van der Waals surface area contributed by atoms with Crippen LogP contribution >= 0.6 is 11.1 Å². The molecular formula is C8H18ClSi. The summed E-state index contributed by atoms with van der Waals surface area (Å²) in [4.78, 5) is 0. The highest BCUT2D eigenvalue weighted by Gasteiger charge is 2.04. The van der Waals surface area contributed by atoms with Crippen molar-refractivity contribution >= 4 is 19.2 Å². The lowest BCUT2D eigenvalue weighted by molar-refractivity contribution is 0.848. The largest absolute Gasteiger partial charge is 0.169 e. The predicted molar refractivity (Wildman–Crippen MR) is 51.0 cm³/mol. The van der Waals surface area contributed by atoms with Gasteiger partial charge in [0.25, 0.3) is 0 Å². The van der Waals surface area contributed by atoms with E-state index < -0.39 is 8.11 Å². The van der Waals surface area contributed by atoms with E-state index in [9.17, 15) is 0 Å². The van der Waals surface area contributed by atoms with Gasteiger partial charge in [-0.15, -0.1) is 0 Å². The van der Waals surface area contributed by atoms with Crippen molar-refractivity contribution in [2.45, 2.75) is 51.6 Å². The maximum atomic E-state index is 6.14. The molecule has 0 spiro atoms. The van der Waals surface area contributed by atoms with Crippen molar-refractivity contribution in [1.29, 1.82) is 0 Å². The fourth-order valence-electron chi connectivity index (χ4n) is 0.862. The van der Waals surface area contributed by atoms with Gasteiger partial charge in [-0.05, 0) is 12.1 Å². The molecular weight excluding hydrogens is 160 g/mol. The predicted octanol–water partition coefficient (Wildman–Crippen LogP) is 3.82. The normalized spacial score (nSPS) is 10.8. The molecule has 0 unspecified atom stereocenters. The Hall–Kier alpha value is 0.507. The van der Waals surface area contributed by atoms with Gasteiger partial charge in [-0.3, -0.25) is 0 Å². The van der Waals surface area contributed by atoms with Crippen molar-refractivity contribution in [2.75, 3.05) is 0 Å². The van der Waals surface area contributed by atoms with Gasteiger partial charge in [0.2, 0.25) is 0 Å². The molecule has 0 fully saturated rings. The highest BCUT2D eigenvalue weighted by Crippen LogP contribution is 2.12. The molecule has 0 rings (SSSR count). The molecule has 0 heterocycles. The first-order valence-corrected chi connectivity index (χ1v) is 7.24. The summed E-state index contributed by atoms with van der Waals surface area (Å²) in [7, 11) is -0.443. The third kappa shape index (κ3) is 6.62. The molecule has 0 aromatic heterocycles. The van der Waals surface area contributed by atoms with Gasteiger partial charge >= 0.3 is 0 Å². The van der Waals surface area contributed by atoms with Crippen molar-refractivity contribution < 1.29 is 0 Å². The SMILES string of the molecule is CCCC[Si](Cl)CCCC. The van der Waals surface area contributed by atoms with Gasteiger partial charge in [-0.1, -0.05) is 39.5 Å². The standard InChI is InChI=1S/C8H18ClSi/c1-3-5-7-10(9)8-6-4-2/h3-8H2,1-2H3. The Kier molecular flexibility index (Phi) is 8.00. The topological polar surface area (TPSA) is 0 Å². The van der Waals surface area contributed by atoms with E-state index in [2.05, 4.69) is 13.8 Å². The van der Waals surface area contributed by atoms with Crippen LogP contribution in [0.2, 0.25) is 12.1 Å². The van der Waals surface area contributed by atoms with Gasteiger partial charge in [0, 0.05) is 0 Å². The fourth-order valence-corrected chi connectivity index (χ4v) is 3.39. The van der Waals surface area contributed by atoms with E-state index in [0.717, 1.165) is 0 Å². The molecule has 10 heavy (non-hydrogen) atoms. The van der Waals surface area contributed by atoms with E-state index in [1.165, 1.54) is 37.8 Å². The molecule has 0 saturated heterocycles. The van der Waals surface area contributed by atoms with E-state index >= 15 is 0 Å². The zero-order valence-electron chi connectivity index (χ0n) is 7.12.